The maximum atomic E-state index is 12.8. The zero-order chi connectivity index (χ0) is 20.1. The number of piperidine rings is 1. The van der Waals surface area contributed by atoms with Gasteiger partial charge in [0.25, 0.3) is 0 Å². The van der Waals surface area contributed by atoms with Gasteiger partial charge in [0.05, 0.1) is 5.92 Å². The van der Waals surface area contributed by atoms with Gasteiger partial charge in [0.15, 0.2) is 11.6 Å². The Morgan fingerprint density at radius 3 is 3.00 bits per heavy atom. The number of methoxy groups -OCH3 is 1. The summed E-state index contributed by atoms with van der Waals surface area (Å²) < 4.78 is 5.06. The van der Waals surface area contributed by atoms with Crippen LogP contribution in [0.25, 0.3) is 11.4 Å². The molecular formula is C20H23N7O2. The van der Waals surface area contributed by atoms with E-state index < -0.39 is 0 Å². The van der Waals surface area contributed by atoms with Crippen LogP contribution in [0.5, 0.6) is 0 Å². The second-order valence-electron chi connectivity index (χ2n) is 6.94. The van der Waals surface area contributed by atoms with Crippen molar-refractivity contribution < 1.29 is 9.53 Å². The van der Waals surface area contributed by atoms with Crippen molar-refractivity contribution in [2.75, 3.05) is 30.4 Å². The standard InChI is InChI=1S/C20H23N7O2/c1-29-13-17-24-18(26-25-17)14-5-2-7-16(11-14)23-19(28)15-6-3-10-27(12-15)20-21-8-4-9-22-20/h2,4-5,7-9,11,15H,3,6,10,12-13H2,1H3,(H,23,28)(H,24,25,26)/t15-/m1/s1. The van der Waals surface area contributed by atoms with Gasteiger partial charge in [-0.25, -0.2) is 15.0 Å². The van der Waals surface area contributed by atoms with E-state index in [2.05, 4.69) is 35.4 Å². The molecule has 1 saturated heterocycles. The molecule has 0 saturated carbocycles. The smallest absolute Gasteiger partial charge is 0.229 e. The maximum Gasteiger partial charge on any atom is 0.229 e. The summed E-state index contributed by atoms with van der Waals surface area (Å²) >= 11 is 0. The number of nitrogens with one attached hydrogen (secondary N) is 2. The number of rotatable bonds is 6. The largest absolute Gasteiger partial charge is 0.377 e. The lowest BCUT2D eigenvalue weighted by atomic mass is 9.97. The normalized spacial score (nSPS) is 16.6. The Labute approximate surface area is 168 Å². The Morgan fingerprint density at radius 1 is 1.31 bits per heavy atom. The molecule has 1 fully saturated rings. The fourth-order valence-corrected chi connectivity index (χ4v) is 3.43. The van der Waals surface area contributed by atoms with Crippen LogP contribution < -0.4 is 10.2 Å². The molecule has 1 amide bonds. The van der Waals surface area contributed by atoms with Crippen molar-refractivity contribution in [1.82, 2.24) is 25.1 Å². The summed E-state index contributed by atoms with van der Waals surface area (Å²) in [5.41, 5.74) is 1.54. The van der Waals surface area contributed by atoms with Crippen LogP contribution in [0.15, 0.2) is 42.7 Å². The molecule has 9 nitrogen and oxygen atoms in total. The summed E-state index contributed by atoms with van der Waals surface area (Å²) in [6, 6.07) is 9.31. The van der Waals surface area contributed by atoms with Crippen LogP contribution >= 0.6 is 0 Å². The van der Waals surface area contributed by atoms with Crippen molar-refractivity contribution in [3.63, 3.8) is 0 Å². The number of hydrogen-bond donors (Lipinski definition) is 2. The summed E-state index contributed by atoms with van der Waals surface area (Å²) in [6.45, 7) is 1.83. The number of benzene rings is 1. The first-order chi connectivity index (χ1) is 14.2. The first kappa shape index (κ1) is 19.0. The summed E-state index contributed by atoms with van der Waals surface area (Å²) in [5.74, 6) is 1.77. The number of ether oxygens (including phenoxy) is 1. The summed E-state index contributed by atoms with van der Waals surface area (Å²) in [4.78, 5) is 27.9. The highest BCUT2D eigenvalue weighted by Gasteiger charge is 2.27. The Balaban J connectivity index is 1.42. The fourth-order valence-electron chi connectivity index (χ4n) is 3.43. The average molecular weight is 393 g/mol. The van der Waals surface area contributed by atoms with Gasteiger partial charge in [-0.3, -0.25) is 9.89 Å². The molecule has 1 aliphatic rings. The number of carbonyl (C=O) groups excluding carboxylic acids is 1. The van der Waals surface area contributed by atoms with Gasteiger partial charge >= 0.3 is 0 Å². The molecule has 0 bridgehead atoms. The van der Waals surface area contributed by atoms with E-state index in [9.17, 15) is 4.79 Å². The molecule has 9 heteroatoms. The van der Waals surface area contributed by atoms with E-state index in [0.717, 1.165) is 30.6 Å². The monoisotopic (exact) mass is 393 g/mol. The zero-order valence-corrected chi connectivity index (χ0v) is 16.2. The lowest BCUT2D eigenvalue weighted by molar-refractivity contribution is -0.120. The van der Waals surface area contributed by atoms with Crippen LogP contribution in [-0.4, -0.2) is 51.3 Å². The topological polar surface area (TPSA) is 109 Å². The van der Waals surface area contributed by atoms with E-state index in [1.165, 1.54) is 0 Å². The molecule has 0 unspecified atom stereocenters. The minimum atomic E-state index is -0.118. The molecular weight excluding hydrogens is 370 g/mol. The Bertz CT molecular complexity index is 960. The highest BCUT2D eigenvalue weighted by molar-refractivity contribution is 5.93. The van der Waals surface area contributed by atoms with Gasteiger partial charge in [-0.1, -0.05) is 12.1 Å². The molecule has 1 aromatic carbocycles. The van der Waals surface area contributed by atoms with Gasteiger partial charge in [-0.2, -0.15) is 5.10 Å². The quantitative estimate of drug-likeness (QED) is 0.661. The van der Waals surface area contributed by atoms with Crippen LogP contribution in [0.2, 0.25) is 0 Å². The summed E-state index contributed by atoms with van der Waals surface area (Å²) in [7, 11) is 1.61. The predicted octanol–water partition coefficient (Wildman–Crippen LogP) is 2.26. The molecule has 2 N–H and O–H groups in total. The van der Waals surface area contributed by atoms with Crippen molar-refractivity contribution in [3.05, 3.63) is 48.5 Å². The number of nitrogens with zero attached hydrogens (tertiary/aromatic N) is 5. The minimum absolute atomic E-state index is 0.00200. The molecule has 0 spiro atoms. The van der Waals surface area contributed by atoms with Gasteiger partial charge in [-0.05, 0) is 31.0 Å². The second kappa shape index (κ2) is 8.78. The number of aromatic nitrogens is 5. The number of carbonyl (C=O) groups is 1. The number of amides is 1. The van der Waals surface area contributed by atoms with Crippen molar-refractivity contribution in [2.45, 2.75) is 19.4 Å². The molecule has 3 aromatic rings. The highest BCUT2D eigenvalue weighted by atomic mass is 16.5. The van der Waals surface area contributed by atoms with Gasteiger partial charge in [0.2, 0.25) is 11.9 Å². The zero-order valence-electron chi connectivity index (χ0n) is 16.2. The number of H-pyrrole nitrogens is 1. The van der Waals surface area contributed by atoms with Gasteiger partial charge in [-0.15, -0.1) is 0 Å². The first-order valence-electron chi connectivity index (χ1n) is 9.56. The molecule has 1 aliphatic heterocycles. The Kier molecular flexibility index (Phi) is 5.76. The van der Waals surface area contributed by atoms with E-state index in [0.29, 0.717) is 30.7 Å². The molecule has 4 rings (SSSR count). The second-order valence-corrected chi connectivity index (χ2v) is 6.94. The summed E-state index contributed by atoms with van der Waals surface area (Å²) in [6.07, 6.45) is 5.21. The van der Waals surface area contributed by atoms with E-state index in [1.807, 2.05) is 24.3 Å². The molecule has 3 heterocycles. The van der Waals surface area contributed by atoms with Crippen LogP contribution in [0.4, 0.5) is 11.6 Å². The Hall–Kier alpha value is -3.33. The van der Waals surface area contributed by atoms with Crippen molar-refractivity contribution in [2.24, 2.45) is 5.92 Å². The number of hydrogen-bond acceptors (Lipinski definition) is 7. The number of aromatic amines is 1. The van der Waals surface area contributed by atoms with E-state index in [1.54, 1.807) is 25.6 Å². The van der Waals surface area contributed by atoms with Crippen LogP contribution in [0.3, 0.4) is 0 Å². The molecule has 0 aliphatic carbocycles. The van der Waals surface area contributed by atoms with Gasteiger partial charge in [0, 0.05) is 43.8 Å². The highest BCUT2D eigenvalue weighted by Crippen LogP contribution is 2.23. The summed E-state index contributed by atoms with van der Waals surface area (Å²) in [5, 5.41) is 10.1. The van der Waals surface area contributed by atoms with Crippen molar-refractivity contribution >= 4 is 17.5 Å². The lowest BCUT2D eigenvalue weighted by Crippen LogP contribution is -2.41. The third kappa shape index (κ3) is 4.57. The third-order valence-electron chi connectivity index (χ3n) is 4.83. The predicted molar refractivity (Wildman–Crippen MR) is 108 cm³/mol. The van der Waals surface area contributed by atoms with Crippen molar-refractivity contribution in [3.8, 4) is 11.4 Å². The van der Waals surface area contributed by atoms with Crippen LogP contribution in [0.1, 0.15) is 18.7 Å². The van der Waals surface area contributed by atoms with Gasteiger partial charge in [0.1, 0.15) is 6.61 Å². The fraction of sp³-hybridized carbons (Fsp3) is 0.350. The minimum Gasteiger partial charge on any atom is -0.377 e. The SMILES string of the molecule is COCc1nc(-c2cccc(NC(=O)[C@@H]3CCCN(c4ncccn4)C3)c2)n[nH]1. The molecule has 29 heavy (non-hydrogen) atoms. The van der Waals surface area contributed by atoms with Crippen LogP contribution in [-0.2, 0) is 16.1 Å². The van der Waals surface area contributed by atoms with Crippen molar-refractivity contribution in [1.29, 1.82) is 0 Å². The third-order valence-corrected chi connectivity index (χ3v) is 4.83. The van der Waals surface area contributed by atoms with E-state index >= 15 is 0 Å². The maximum absolute atomic E-state index is 12.8. The average Bonchev–Trinajstić information content (AvgIpc) is 3.24. The molecule has 1 atom stereocenters. The van der Waals surface area contributed by atoms with E-state index in [-0.39, 0.29) is 11.8 Å². The Morgan fingerprint density at radius 2 is 2.17 bits per heavy atom. The molecule has 2 aromatic heterocycles. The van der Waals surface area contributed by atoms with Gasteiger partial charge < -0.3 is 15.0 Å². The number of anilines is 2. The van der Waals surface area contributed by atoms with Crippen LogP contribution in [0, 0.1) is 5.92 Å². The molecule has 150 valence electrons. The molecule has 0 radical (unpaired) electrons. The first-order valence-corrected chi connectivity index (χ1v) is 9.56. The van der Waals surface area contributed by atoms with E-state index in [4.69, 9.17) is 4.74 Å². The lowest BCUT2D eigenvalue weighted by Gasteiger charge is -2.31.